The number of hydrogen-bond donors (Lipinski definition) is 2. The lowest BCUT2D eigenvalue weighted by Gasteiger charge is -2.08. The van der Waals surface area contributed by atoms with Crippen LogP contribution < -0.4 is 15.8 Å². The molecule has 3 N–H and O–H groups in total. The third kappa shape index (κ3) is 4.57. The van der Waals surface area contributed by atoms with E-state index in [9.17, 15) is 4.79 Å². The molecule has 112 valence electrons. The molecule has 0 bridgehead atoms. The summed E-state index contributed by atoms with van der Waals surface area (Å²) in [7, 11) is 0. The first-order valence-electron chi connectivity index (χ1n) is 6.73. The zero-order valence-corrected chi connectivity index (χ0v) is 12.0. The van der Waals surface area contributed by atoms with Crippen LogP contribution in [0.5, 0.6) is 5.75 Å². The van der Waals surface area contributed by atoms with Crippen molar-refractivity contribution in [1.82, 2.24) is 20.3 Å². The molecule has 1 amide bonds. The Morgan fingerprint density at radius 3 is 3.00 bits per heavy atom. The predicted octanol–water partition coefficient (Wildman–Crippen LogP) is 0.240. The van der Waals surface area contributed by atoms with Crippen molar-refractivity contribution in [2.75, 3.05) is 13.2 Å². The molecule has 0 atom stereocenters. The number of para-hydroxylation sites is 1. The molecule has 0 saturated carbocycles. The van der Waals surface area contributed by atoms with Crippen molar-refractivity contribution in [2.45, 2.75) is 20.0 Å². The minimum Gasteiger partial charge on any atom is -0.491 e. The number of carbonyl (C=O) groups is 1. The van der Waals surface area contributed by atoms with Gasteiger partial charge in [0.25, 0.3) is 0 Å². The highest BCUT2D eigenvalue weighted by Gasteiger charge is 2.03. The van der Waals surface area contributed by atoms with Gasteiger partial charge in [-0.25, -0.2) is 4.68 Å². The number of rotatable bonds is 7. The molecule has 21 heavy (non-hydrogen) atoms. The van der Waals surface area contributed by atoms with Crippen LogP contribution >= 0.6 is 0 Å². The molecule has 7 nitrogen and oxygen atoms in total. The summed E-state index contributed by atoms with van der Waals surface area (Å²) in [5.74, 6) is 0.653. The second kappa shape index (κ2) is 7.39. The van der Waals surface area contributed by atoms with E-state index in [-0.39, 0.29) is 12.5 Å². The molecule has 0 aliphatic carbocycles. The molecule has 1 aromatic heterocycles. The van der Waals surface area contributed by atoms with Crippen molar-refractivity contribution in [3.63, 3.8) is 0 Å². The number of nitrogens with zero attached hydrogens (tertiary/aromatic N) is 3. The lowest BCUT2D eigenvalue weighted by molar-refractivity contribution is -0.119. The summed E-state index contributed by atoms with van der Waals surface area (Å²) in [6.07, 6.45) is 1.78. The van der Waals surface area contributed by atoms with Gasteiger partial charge in [0.15, 0.2) is 0 Å². The zero-order chi connectivity index (χ0) is 15.1. The van der Waals surface area contributed by atoms with E-state index < -0.39 is 0 Å². The van der Waals surface area contributed by atoms with Crippen LogP contribution in [0, 0.1) is 6.92 Å². The number of aromatic nitrogens is 3. The Kier molecular flexibility index (Phi) is 5.28. The van der Waals surface area contributed by atoms with Crippen LogP contribution in [0.1, 0.15) is 11.3 Å². The number of carbonyl (C=O) groups excluding carboxylic acids is 1. The Morgan fingerprint density at radius 1 is 1.43 bits per heavy atom. The van der Waals surface area contributed by atoms with E-state index >= 15 is 0 Å². The van der Waals surface area contributed by atoms with Gasteiger partial charge in [0.1, 0.15) is 18.1 Å². The van der Waals surface area contributed by atoms with Gasteiger partial charge in [-0.15, -0.1) is 5.10 Å². The Labute approximate surface area is 123 Å². The van der Waals surface area contributed by atoms with Gasteiger partial charge in [0, 0.05) is 0 Å². The van der Waals surface area contributed by atoms with E-state index in [0.29, 0.717) is 25.4 Å². The SMILES string of the molecule is Cc1ccccc1OCCn1cc(CNC(=O)CN)nn1. The predicted molar refractivity (Wildman–Crippen MR) is 77.6 cm³/mol. The van der Waals surface area contributed by atoms with E-state index in [0.717, 1.165) is 11.3 Å². The van der Waals surface area contributed by atoms with Crippen molar-refractivity contribution in [3.8, 4) is 5.75 Å². The fraction of sp³-hybridized carbons (Fsp3) is 0.357. The fourth-order valence-electron chi connectivity index (χ4n) is 1.76. The Morgan fingerprint density at radius 2 is 2.24 bits per heavy atom. The largest absolute Gasteiger partial charge is 0.491 e. The second-order valence-corrected chi connectivity index (χ2v) is 4.57. The maximum Gasteiger partial charge on any atom is 0.234 e. The zero-order valence-electron chi connectivity index (χ0n) is 12.0. The highest BCUT2D eigenvalue weighted by Crippen LogP contribution is 2.15. The second-order valence-electron chi connectivity index (χ2n) is 4.57. The van der Waals surface area contributed by atoms with Crippen LogP contribution in [0.2, 0.25) is 0 Å². The first-order valence-corrected chi connectivity index (χ1v) is 6.73. The van der Waals surface area contributed by atoms with Gasteiger partial charge in [0.2, 0.25) is 5.91 Å². The van der Waals surface area contributed by atoms with E-state index in [1.807, 2.05) is 31.2 Å². The number of ether oxygens (including phenoxy) is 1. The third-order valence-corrected chi connectivity index (χ3v) is 2.91. The summed E-state index contributed by atoms with van der Waals surface area (Å²) in [5.41, 5.74) is 6.99. The average Bonchev–Trinajstić information content (AvgIpc) is 2.94. The van der Waals surface area contributed by atoms with Crippen molar-refractivity contribution in [2.24, 2.45) is 5.73 Å². The van der Waals surface area contributed by atoms with Crippen molar-refractivity contribution >= 4 is 5.91 Å². The van der Waals surface area contributed by atoms with E-state index in [1.54, 1.807) is 10.9 Å². The number of hydrogen-bond acceptors (Lipinski definition) is 5. The number of aryl methyl sites for hydroxylation is 1. The minimum atomic E-state index is -0.215. The van der Waals surface area contributed by atoms with Crippen LogP contribution in [-0.4, -0.2) is 34.1 Å². The molecule has 0 aliphatic heterocycles. The Balaban J connectivity index is 1.78. The number of amides is 1. The summed E-state index contributed by atoms with van der Waals surface area (Å²) < 4.78 is 7.37. The van der Waals surface area contributed by atoms with Crippen LogP contribution in [0.15, 0.2) is 30.5 Å². The number of nitrogens with two attached hydrogens (primary N) is 1. The summed E-state index contributed by atoms with van der Waals surface area (Å²) in [4.78, 5) is 11.0. The monoisotopic (exact) mass is 289 g/mol. The van der Waals surface area contributed by atoms with Gasteiger partial charge in [-0.1, -0.05) is 23.4 Å². The maximum atomic E-state index is 11.0. The van der Waals surface area contributed by atoms with Gasteiger partial charge in [-0.3, -0.25) is 4.79 Å². The molecule has 0 saturated heterocycles. The van der Waals surface area contributed by atoms with E-state index in [4.69, 9.17) is 10.5 Å². The van der Waals surface area contributed by atoms with E-state index in [1.165, 1.54) is 0 Å². The van der Waals surface area contributed by atoms with Crippen molar-refractivity contribution in [3.05, 3.63) is 41.7 Å². The van der Waals surface area contributed by atoms with Crippen LogP contribution in [0.25, 0.3) is 0 Å². The fourth-order valence-corrected chi connectivity index (χ4v) is 1.76. The summed E-state index contributed by atoms with van der Waals surface area (Å²) >= 11 is 0. The molecule has 0 aliphatic rings. The van der Waals surface area contributed by atoms with E-state index in [2.05, 4.69) is 15.6 Å². The lowest BCUT2D eigenvalue weighted by atomic mass is 10.2. The molecular weight excluding hydrogens is 270 g/mol. The Bertz CT molecular complexity index is 597. The molecule has 0 radical (unpaired) electrons. The summed E-state index contributed by atoms with van der Waals surface area (Å²) in [6.45, 7) is 3.39. The molecule has 2 rings (SSSR count). The van der Waals surface area contributed by atoms with Gasteiger partial charge in [0.05, 0.1) is 25.8 Å². The van der Waals surface area contributed by atoms with Crippen LogP contribution in [-0.2, 0) is 17.9 Å². The topological polar surface area (TPSA) is 95.1 Å². The van der Waals surface area contributed by atoms with Gasteiger partial charge >= 0.3 is 0 Å². The molecule has 1 aromatic carbocycles. The van der Waals surface area contributed by atoms with Gasteiger partial charge in [-0.05, 0) is 18.6 Å². The summed E-state index contributed by atoms with van der Waals surface area (Å²) in [5, 5.41) is 10.6. The van der Waals surface area contributed by atoms with Gasteiger partial charge < -0.3 is 15.8 Å². The molecule has 0 spiro atoms. The highest BCUT2D eigenvalue weighted by molar-refractivity contribution is 5.77. The lowest BCUT2D eigenvalue weighted by Crippen LogP contribution is -2.29. The molecule has 0 fully saturated rings. The smallest absolute Gasteiger partial charge is 0.234 e. The minimum absolute atomic E-state index is 0.0294. The molecule has 0 unspecified atom stereocenters. The van der Waals surface area contributed by atoms with Crippen molar-refractivity contribution < 1.29 is 9.53 Å². The van der Waals surface area contributed by atoms with Crippen LogP contribution in [0.4, 0.5) is 0 Å². The standard InChI is InChI=1S/C14H19N5O2/c1-11-4-2-3-5-13(11)21-7-6-19-10-12(17-18-19)9-16-14(20)8-15/h2-5,10H,6-9,15H2,1H3,(H,16,20). The maximum absolute atomic E-state index is 11.0. The Hall–Kier alpha value is -2.41. The molecule has 2 aromatic rings. The third-order valence-electron chi connectivity index (χ3n) is 2.91. The van der Waals surface area contributed by atoms with Gasteiger partial charge in [-0.2, -0.15) is 0 Å². The molecule has 1 heterocycles. The number of nitrogens with one attached hydrogen (secondary N) is 1. The normalized spacial score (nSPS) is 10.4. The first kappa shape index (κ1) is 15.0. The average molecular weight is 289 g/mol. The number of benzene rings is 1. The quantitative estimate of drug-likeness (QED) is 0.761. The van der Waals surface area contributed by atoms with Crippen molar-refractivity contribution in [1.29, 1.82) is 0 Å². The molecular formula is C14H19N5O2. The first-order chi connectivity index (χ1) is 10.2. The highest BCUT2D eigenvalue weighted by atomic mass is 16.5. The summed E-state index contributed by atoms with van der Waals surface area (Å²) in [6, 6.07) is 7.85. The molecule has 7 heteroatoms. The van der Waals surface area contributed by atoms with Crippen LogP contribution in [0.3, 0.4) is 0 Å².